The molecule has 1 atom stereocenters. The summed E-state index contributed by atoms with van der Waals surface area (Å²) in [6.45, 7) is 11.4. The maximum absolute atomic E-state index is 5.79. The Hall–Kier alpha value is -0.200. The van der Waals surface area contributed by atoms with Crippen LogP contribution in [-0.4, -0.2) is 0 Å². The fraction of sp³-hybridized carbons (Fsp3) is 0.455. The van der Waals surface area contributed by atoms with Crippen LogP contribution in [0.1, 0.15) is 26.7 Å². The van der Waals surface area contributed by atoms with Crippen molar-refractivity contribution in [2.75, 3.05) is 0 Å². The summed E-state index contributed by atoms with van der Waals surface area (Å²) in [4.78, 5) is 0. The number of allylic oxidation sites excluding steroid dienone is 4. The van der Waals surface area contributed by atoms with E-state index in [0.717, 1.165) is 12.8 Å². The van der Waals surface area contributed by atoms with E-state index >= 15 is 0 Å². The lowest BCUT2D eigenvalue weighted by Gasteiger charge is -2.09. The SMILES string of the molecule is C=C(Cl)CC/C=C(/C)C(C)C(=C)Cl. The zero-order valence-corrected chi connectivity index (χ0v) is 9.75. The van der Waals surface area contributed by atoms with Crippen LogP contribution in [0.2, 0.25) is 0 Å². The Bertz CT molecular complexity index is 226. The highest BCUT2D eigenvalue weighted by atomic mass is 35.5. The summed E-state index contributed by atoms with van der Waals surface area (Å²) < 4.78 is 0. The number of hydrogen-bond donors (Lipinski definition) is 0. The predicted molar refractivity (Wildman–Crippen MR) is 62.1 cm³/mol. The minimum Gasteiger partial charge on any atom is -0.0898 e. The molecule has 0 amide bonds. The molecule has 2 heteroatoms. The van der Waals surface area contributed by atoms with Gasteiger partial charge in [-0.2, -0.15) is 0 Å². The van der Waals surface area contributed by atoms with Gasteiger partial charge in [-0.1, -0.05) is 54.9 Å². The first-order chi connectivity index (χ1) is 5.95. The van der Waals surface area contributed by atoms with Gasteiger partial charge in [0, 0.05) is 16.0 Å². The average molecular weight is 219 g/mol. The van der Waals surface area contributed by atoms with Gasteiger partial charge < -0.3 is 0 Å². The monoisotopic (exact) mass is 218 g/mol. The van der Waals surface area contributed by atoms with E-state index < -0.39 is 0 Å². The summed E-state index contributed by atoms with van der Waals surface area (Å²) in [5.74, 6) is 0.241. The molecule has 0 spiro atoms. The Morgan fingerprint density at radius 3 is 2.31 bits per heavy atom. The van der Waals surface area contributed by atoms with Crippen molar-refractivity contribution in [3.63, 3.8) is 0 Å². The van der Waals surface area contributed by atoms with Crippen molar-refractivity contribution < 1.29 is 0 Å². The third kappa shape index (κ3) is 5.95. The van der Waals surface area contributed by atoms with Gasteiger partial charge in [-0.15, -0.1) is 0 Å². The molecule has 0 radical (unpaired) electrons. The molecule has 0 saturated heterocycles. The summed E-state index contributed by atoms with van der Waals surface area (Å²) in [5.41, 5.74) is 1.23. The highest BCUT2D eigenvalue weighted by molar-refractivity contribution is 6.29. The van der Waals surface area contributed by atoms with Gasteiger partial charge >= 0.3 is 0 Å². The van der Waals surface area contributed by atoms with Crippen LogP contribution in [-0.2, 0) is 0 Å². The van der Waals surface area contributed by atoms with Gasteiger partial charge in [-0.05, 0) is 19.8 Å². The second kappa shape index (κ2) is 6.28. The highest BCUT2D eigenvalue weighted by Crippen LogP contribution is 2.22. The van der Waals surface area contributed by atoms with Crippen molar-refractivity contribution >= 4 is 23.2 Å². The summed E-state index contributed by atoms with van der Waals surface area (Å²) in [5, 5.41) is 1.37. The number of halogens is 2. The van der Waals surface area contributed by atoms with Crippen molar-refractivity contribution in [3.05, 3.63) is 34.9 Å². The molecular weight excluding hydrogens is 203 g/mol. The van der Waals surface area contributed by atoms with E-state index in [1.54, 1.807) is 0 Å². The minimum absolute atomic E-state index is 0.241. The Labute approximate surface area is 90.9 Å². The third-order valence-electron chi connectivity index (χ3n) is 2.03. The van der Waals surface area contributed by atoms with E-state index in [1.165, 1.54) is 5.57 Å². The van der Waals surface area contributed by atoms with E-state index in [4.69, 9.17) is 23.2 Å². The molecule has 0 aliphatic rings. The molecule has 0 rings (SSSR count). The first-order valence-electron chi connectivity index (χ1n) is 4.29. The highest BCUT2D eigenvalue weighted by Gasteiger charge is 2.05. The van der Waals surface area contributed by atoms with E-state index in [9.17, 15) is 0 Å². The zero-order valence-electron chi connectivity index (χ0n) is 8.24. The molecule has 0 aromatic heterocycles. The van der Waals surface area contributed by atoms with Gasteiger partial charge in [0.2, 0.25) is 0 Å². The summed E-state index contributed by atoms with van der Waals surface area (Å²) >= 11 is 11.4. The van der Waals surface area contributed by atoms with Crippen LogP contribution < -0.4 is 0 Å². The zero-order chi connectivity index (χ0) is 10.4. The van der Waals surface area contributed by atoms with Crippen LogP contribution >= 0.6 is 23.2 Å². The molecule has 74 valence electrons. The molecular formula is C11H16Cl2. The lowest BCUT2D eigenvalue weighted by Crippen LogP contribution is -1.94. The second-order valence-corrected chi connectivity index (χ2v) is 4.19. The van der Waals surface area contributed by atoms with Gasteiger partial charge in [-0.25, -0.2) is 0 Å². The lowest BCUT2D eigenvalue weighted by atomic mass is 10.0. The van der Waals surface area contributed by atoms with Gasteiger partial charge in [-0.3, -0.25) is 0 Å². The standard InChI is InChI=1S/C11H16Cl2/c1-8(10(3)11(4)13)6-5-7-9(2)12/h6,10H,2,4-5,7H2,1,3H3/b8-6-. The average Bonchev–Trinajstić information content (AvgIpc) is 2.02. The molecule has 0 N–H and O–H groups in total. The third-order valence-corrected chi connectivity index (χ3v) is 2.55. The summed E-state index contributed by atoms with van der Waals surface area (Å²) in [7, 11) is 0. The van der Waals surface area contributed by atoms with Gasteiger partial charge in [0.05, 0.1) is 0 Å². The van der Waals surface area contributed by atoms with E-state index in [-0.39, 0.29) is 5.92 Å². The quantitative estimate of drug-likeness (QED) is 0.579. The fourth-order valence-electron chi connectivity index (χ4n) is 0.880. The molecule has 0 aromatic carbocycles. The summed E-state index contributed by atoms with van der Waals surface area (Å²) in [6.07, 6.45) is 3.87. The van der Waals surface area contributed by atoms with Gasteiger partial charge in [0.15, 0.2) is 0 Å². The molecule has 0 aliphatic heterocycles. The second-order valence-electron chi connectivity index (χ2n) is 3.17. The summed E-state index contributed by atoms with van der Waals surface area (Å²) in [6, 6.07) is 0. The maximum atomic E-state index is 5.79. The Balaban J connectivity index is 4.01. The van der Waals surface area contributed by atoms with Crippen molar-refractivity contribution in [3.8, 4) is 0 Å². The molecule has 0 saturated carbocycles. The largest absolute Gasteiger partial charge is 0.0898 e. The molecule has 0 nitrogen and oxygen atoms in total. The van der Waals surface area contributed by atoms with Crippen molar-refractivity contribution in [1.29, 1.82) is 0 Å². The predicted octanol–water partition coefficient (Wildman–Crippen LogP) is 4.85. The van der Waals surface area contributed by atoms with E-state index in [0.29, 0.717) is 10.1 Å². The van der Waals surface area contributed by atoms with Crippen molar-refractivity contribution in [1.82, 2.24) is 0 Å². The van der Waals surface area contributed by atoms with E-state index in [2.05, 4.69) is 26.2 Å². The van der Waals surface area contributed by atoms with Crippen LogP contribution in [0.3, 0.4) is 0 Å². The molecule has 0 fully saturated rings. The Kier molecular flexibility index (Phi) is 6.19. The first-order valence-corrected chi connectivity index (χ1v) is 5.05. The van der Waals surface area contributed by atoms with E-state index in [1.807, 2.05) is 6.92 Å². The molecule has 0 aromatic rings. The molecule has 1 unspecified atom stereocenters. The minimum atomic E-state index is 0.241. The van der Waals surface area contributed by atoms with Crippen LogP contribution in [0.25, 0.3) is 0 Å². The first kappa shape index (κ1) is 12.8. The topological polar surface area (TPSA) is 0 Å². The Morgan fingerprint density at radius 2 is 1.92 bits per heavy atom. The molecule has 0 aliphatic carbocycles. The maximum Gasteiger partial charge on any atom is 0.0177 e. The number of rotatable bonds is 5. The number of hydrogen-bond acceptors (Lipinski definition) is 0. The molecule has 0 bridgehead atoms. The van der Waals surface area contributed by atoms with Gasteiger partial charge in [0.1, 0.15) is 0 Å². The van der Waals surface area contributed by atoms with Crippen molar-refractivity contribution in [2.45, 2.75) is 26.7 Å². The fourth-order valence-corrected chi connectivity index (χ4v) is 1.16. The molecule has 0 heterocycles. The van der Waals surface area contributed by atoms with Crippen molar-refractivity contribution in [2.24, 2.45) is 5.92 Å². The Morgan fingerprint density at radius 1 is 1.38 bits per heavy atom. The van der Waals surface area contributed by atoms with Crippen LogP contribution in [0.15, 0.2) is 34.9 Å². The van der Waals surface area contributed by atoms with Gasteiger partial charge in [0.25, 0.3) is 0 Å². The lowest BCUT2D eigenvalue weighted by molar-refractivity contribution is 0.831. The van der Waals surface area contributed by atoms with Crippen LogP contribution in [0.4, 0.5) is 0 Å². The molecule has 13 heavy (non-hydrogen) atoms. The smallest absolute Gasteiger partial charge is 0.0177 e. The van der Waals surface area contributed by atoms with Crippen LogP contribution in [0, 0.1) is 5.92 Å². The van der Waals surface area contributed by atoms with Crippen LogP contribution in [0.5, 0.6) is 0 Å². The normalized spacial score (nSPS) is 14.0.